The second-order valence-corrected chi connectivity index (χ2v) is 9.44. The van der Waals surface area contributed by atoms with Crippen molar-refractivity contribution in [3.8, 4) is 0 Å². The van der Waals surface area contributed by atoms with E-state index in [4.69, 9.17) is 0 Å². The van der Waals surface area contributed by atoms with E-state index >= 15 is 0 Å². The van der Waals surface area contributed by atoms with Gasteiger partial charge in [0.25, 0.3) is 0 Å². The first-order valence-electron chi connectivity index (χ1n) is 8.18. The number of nitrogens with one attached hydrogen (secondary N) is 2. The minimum atomic E-state index is -3.73. The van der Waals surface area contributed by atoms with Crippen LogP contribution in [0.4, 0.5) is 0 Å². The molecule has 0 spiro atoms. The van der Waals surface area contributed by atoms with E-state index < -0.39 is 20.0 Å². The maximum atomic E-state index is 12.5. The number of benzene rings is 1. The smallest absolute Gasteiger partial charge is 0.243 e. The van der Waals surface area contributed by atoms with Crippen molar-refractivity contribution in [3.63, 3.8) is 0 Å². The van der Waals surface area contributed by atoms with Gasteiger partial charge in [0, 0.05) is 26.2 Å². The van der Waals surface area contributed by atoms with Gasteiger partial charge in [-0.3, -0.25) is 0 Å². The molecule has 0 radical (unpaired) electrons. The summed E-state index contributed by atoms with van der Waals surface area (Å²) in [6.45, 7) is 4.61. The molecule has 0 aliphatic carbocycles. The van der Waals surface area contributed by atoms with Crippen molar-refractivity contribution < 1.29 is 16.8 Å². The molecular weight excluding hydrogens is 350 g/mol. The fourth-order valence-electron chi connectivity index (χ4n) is 2.54. The van der Waals surface area contributed by atoms with Gasteiger partial charge in [-0.2, -0.15) is 4.31 Å². The highest BCUT2D eigenvalue weighted by Gasteiger charge is 2.28. The van der Waals surface area contributed by atoms with E-state index in [1.54, 1.807) is 0 Å². The van der Waals surface area contributed by atoms with Crippen molar-refractivity contribution >= 4 is 20.0 Å². The van der Waals surface area contributed by atoms with Crippen molar-refractivity contribution in [2.75, 3.05) is 32.7 Å². The van der Waals surface area contributed by atoms with Crippen molar-refractivity contribution in [1.29, 1.82) is 0 Å². The van der Waals surface area contributed by atoms with Crippen LogP contribution in [-0.2, 0) is 20.0 Å². The molecular formula is C15H25N3O4S2. The SMILES string of the molecule is CCCNCCNS(=O)(=O)c1cccc(S(=O)(=O)N2CCCC2)c1. The van der Waals surface area contributed by atoms with Gasteiger partial charge in [-0.15, -0.1) is 0 Å². The van der Waals surface area contributed by atoms with Gasteiger partial charge in [0.15, 0.2) is 0 Å². The molecule has 0 saturated carbocycles. The normalized spacial score (nSPS) is 16.5. The Morgan fingerprint density at radius 1 is 1.00 bits per heavy atom. The summed E-state index contributed by atoms with van der Waals surface area (Å²) < 4.78 is 53.6. The molecule has 0 aromatic heterocycles. The topological polar surface area (TPSA) is 95.6 Å². The predicted molar refractivity (Wildman–Crippen MR) is 92.8 cm³/mol. The molecule has 9 heteroatoms. The zero-order valence-electron chi connectivity index (χ0n) is 13.9. The third kappa shape index (κ3) is 4.76. The van der Waals surface area contributed by atoms with Crippen LogP contribution in [0.2, 0.25) is 0 Å². The molecule has 1 fully saturated rings. The molecule has 24 heavy (non-hydrogen) atoms. The van der Waals surface area contributed by atoms with Crippen LogP contribution >= 0.6 is 0 Å². The molecule has 0 amide bonds. The number of sulfonamides is 2. The van der Waals surface area contributed by atoms with Crippen LogP contribution < -0.4 is 10.0 Å². The zero-order valence-corrected chi connectivity index (χ0v) is 15.5. The van der Waals surface area contributed by atoms with E-state index in [9.17, 15) is 16.8 Å². The highest BCUT2D eigenvalue weighted by molar-refractivity contribution is 7.90. The van der Waals surface area contributed by atoms with E-state index in [0.29, 0.717) is 19.6 Å². The fourth-order valence-corrected chi connectivity index (χ4v) is 5.25. The molecule has 1 heterocycles. The minimum absolute atomic E-state index is 0.0244. The molecule has 136 valence electrons. The first-order chi connectivity index (χ1) is 11.4. The number of hydrogen-bond donors (Lipinski definition) is 2. The minimum Gasteiger partial charge on any atom is -0.315 e. The summed E-state index contributed by atoms with van der Waals surface area (Å²) in [5.41, 5.74) is 0. The Hall–Kier alpha value is -1.00. The van der Waals surface area contributed by atoms with Crippen molar-refractivity contribution in [2.24, 2.45) is 0 Å². The summed E-state index contributed by atoms with van der Waals surface area (Å²) in [7, 11) is -7.35. The lowest BCUT2D eigenvalue weighted by atomic mass is 10.4. The largest absolute Gasteiger partial charge is 0.315 e. The summed E-state index contributed by atoms with van der Waals surface area (Å²) in [6, 6.07) is 5.54. The summed E-state index contributed by atoms with van der Waals surface area (Å²) >= 11 is 0. The molecule has 1 aliphatic heterocycles. The molecule has 0 atom stereocenters. The van der Waals surface area contributed by atoms with Crippen LogP contribution in [0.1, 0.15) is 26.2 Å². The maximum absolute atomic E-state index is 12.5. The molecule has 2 rings (SSSR count). The summed E-state index contributed by atoms with van der Waals surface area (Å²) in [6.07, 6.45) is 2.65. The van der Waals surface area contributed by atoms with Gasteiger partial charge in [0.1, 0.15) is 0 Å². The summed E-state index contributed by atoms with van der Waals surface area (Å²) in [5.74, 6) is 0. The second-order valence-electron chi connectivity index (χ2n) is 5.73. The van der Waals surface area contributed by atoms with Gasteiger partial charge in [-0.25, -0.2) is 21.6 Å². The summed E-state index contributed by atoms with van der Waals surface area (Å²) in [4.78, 5) is -0.00496. The monoisotopic (exact) mass is 375 g/mol. The molecule has 1 saturated heterocycles. The molecule has 1 aromatic carbocycles. The predicted octanol–water partition coefficient (Wildman–Crippen LogP) is 0.749. The number of hydrogen-bond acceptors (Lipinski definition) is 5. The first-order valence-corrected chi connectivity index (χ1v) is 11.1. The lowest BCUT2D eigenvalue weighted by Crippen LogP contribution is -2.32. The molecule has 2 N–H and O–H groups in total. The van der Waals surface area contributed by atoms with Crippen LogP contribution in [-0.4, -0.2) is 53.9 Å². The molecule has 1 aromatic rings. The zero-order chi connectivity index (χ0) is 17.6. The van der Waals surface area contributed by atoms with Crippen LogP contribution in [0.15, 0.2) is 34.1 Å². The van der Waals surface area contributed by atoms with E-state index in [1.807, 2.05) is 6.92 Å². The molecule has 0 unspecified atom stereocenters. The number of rotatable bonds is 9. The summed E-state index contributed by atoms with van der Waals surface area (Å²) in [5, 5.41) is 3.10. The highest BCUT2D eigenvalue weighted by atomic mass is 32.2. The van der Waals surface area contributed by atoms with E-state index in [-0.39, 0.29) is 16.3 Å². The Balaban J connectivity index is 2.11. The lowest BCUT2D eigenvalue weighted by molar-refractivity contribution is 0.477. The Bertz CT molecular complexity index is 742. The van der Waals surface area contributed by atoms with Crippen molar-refractivity contribution in [1.82, 2.24) is 14.3 Å². The van der Waals surface area contributed by atoms with Crippen molar-refractivity contribution in [3.05, 3.63) is 24.3 Å². The van der Waals surface area contributed by atoms with Crippen LogP contribution in [0.5, 0.6) is 0 Å². The average molecular weight is 376 g/mol. The molecule has 7 nitrogen and oxygen atoms in total. The van der Waals surface area contributed by atoms with Crippen molar-refractivity contribution in [2.45, 2.75) is 36.0 Å². The van der Waals surface area contributed by atoms with Crippen LogP contribution in [0.3, 0.4) is 0 Å². The van der Waals surface area contributed by atoms with Gasteiger partial charge in [0.2, 0.25) is 20.0 Å². The van der Waals surface area contributed by atoms with Gasteiger partial charge in [-0.1, -0.05) is 13.0 Å². The quantitative estimate of drug-likeness (QED) is 0.621. The van der Waals surface area contributed by atoms with E-state index in [2.05, 4.69) is 10.0 Å². The van der Waals surface area contributed by atoms with Crippen LogP contribution in [0.25, 0.3) is 0 Å². The van der Waals surface area contributed by atoms with Gasteiger partial charge in [-0.05, 0) is 44.0 Å². The Kier molecular flexibility index (Phi) is 6.76. The number of nitrogens with zero attached hydrogens (tertiary/aromatic N) is 1. The van der Waals surface area contributed by atoms with Gasteiger partial charge < -0.3 is 5.32 Å². The third-order valence-electron chi connectivity index (χ3n) is 3.84. The lowest BCUT2D eigenvalue weighted by Gasteiger charge is -2.16. The van der Waals surface area contributed by atoms with E-state index in [1.165, 1.54) is 28.6 Å². The standard InChI is InChI=1S/C15H25N3O4S2/c1-2-8-16-9-10-17-23(19,20)14-6-5-7-15(13-14)24(21,22)18-11-3-4-12-18/h5-7,13,16-17H,2-4,8-12H2,1H3. The Labute approximate surface area is 144 Å². The average Bonchev–Trinajstić information content (AvgIpc) is 3.10. The Morgan fingerprint density at radius 3 is 2.33 bits per heavy atom. The second kappa shape index (κ2) is 8.39. The molecule has 1 aliphatic rings. The van der Waals surface area contributed by atoms with Gasteiger partial charge >= 0.3 is 0 Å². The third-order valence-corrected chi connectivity index (χ3v) is 7.19. The first kappa shape index (κ1) is 19.3. The fraction of sp³-hybridized carbons (Fsp3) is 0.600. The molecule has 0 bridgehead atoms. The van der Waals surface area contributed by atoms with Gasteiger partial charge in [0.05, 0.1) is 9.79 Å². The maximum Gasteiger partial charge on any atom is 0.243 e. The van der Waals surface area contributed by atoms with Crippen LogP contribution in [0, 0.1) is 0 Å². The van der Waals surface area contributed by atoms with E-state index in [0.717, 1.165) is 25.8 Å². The highest BCUT2D eigenvalue weighted by Crippen LogP contribution is 2.22. The Morgan fingerprint density at radius 2 is 1.67 bits per heavy atom.